The summed E-state index contributed by atoms with van der Waals surface area (Å²) in [6, 6.07) is 3.71. The van der Waals surface area contributed by atoms with Crippen LogP contribution in [0.15, 0.2) is 16.6 Å². The number of aryl methyl sites for hydroxylation is 1. The van der Waals surface area contributed by atoms with Gasteiger partial charge < -0.3 is 9.84 Å². The molecule has 0 aliphatic carbocycles. The van der Waals surface area contributed by atoms with Crippen molar-refractivity contribution in [3.05, 3.63) is 27.2 Å². The van der Waals surface area contributed by atoms with E-state index in [1.807, 2.05) is 13.0 Å². The summed E-state index contributed by atoms with van der Waals surface area (Å²) in [5.41, 5.74) is 0.961. The van der Waals surface area contributed by atoms with E-state index in [0.29, 0.717) is 30.2 Å². The summed E-state index contributed by atoms with van der Waals surface area (Å²) >= 11 is 9.40. The molecule has 0 heterocycles. The Hall–Kier alpha value is -0.740. The first-order valence-corrected chi connectivity index (χ1v) is 6.48. The van der Waals surface area contributed by atoms with Gasteiger partial charge in [0, 0.05) is 10.9 Å². The van der Waals surface area contributed by atoms with E-state index in [2.05, 4.69) is 15.9 Å². The lowest BCUT2D eigenvalue weighted by molar-refractivity contribution is -0.137. The highest BCUT2D eigenvalue weighted by Crippen LogP contribution is 2.32. The minimum absolute atomic E-state index is 0.177. The molecule has 0 aromatic heterocycles. The fourth-order valence-corrected chi connectivity index (χ4v) is 2.45. The average Bonchev–Trinajstić information content (AvgIpc) is 2.20. The number of hydrogen-bond acceptors (Lipinski definition) is 2. The minimum Gasteiger partial charge on any atom is -0.492 e. The number of ether oxygens (including phenoxy) is 1. The molecule has 0 aliphatic rings. The van der Waals surface area contributed by atoms with Crippen LogP contribution in [-0.2, 0) is 4.79 Å². The van der Waals surface area contributed by atoms with Crippen molar-refractivity contribution >= 4 is 33.5 Å². The molecule has 5 heteroatoms. The molecule has 0 amide bonds. The van der Waals surface area contributed by atoms with Crippen LogP contribution in [0.2, 0.25) is 5.02 Å². The lowest BCUT2D eigenvalue weighted by atomic mass is 10.2. The Kier molecular flexibility index (Phi) is 5.78. The maximum absolute atomic E-state index is 10.3. The largest absolute Gasteiger partial charge is 0.492 e. The predicted octanol–water partition coefficient (Wildman–Crippen LogP) is 4.04. The van der Waals surface area contributed by atoms with Gasteiger partial charge in [-0.25, -0.2) is 0 Å². The fourth-order valence-electron chi connectivity index (χ4n) is 1.42. The number of halogens is 2. The third-order valence-electron chi connectivity index (χ3n) is 2.23. The number of rotatable bonds is 6. The van der Waals surface area contributed by atoms with E-state index < -0.39 is 5.97 Å². The third-order valence-corrected chi connectivity index (χ3v) is 2.96. The zero-order valence-corrected chi connectivity index (χ0v) is 11.8. The summed E-state index contributed by atoms with van der Waals surface area (Å²) in [6.07, 6.45) is 1.50. The van der Waals surface area contributed by atoms with Crippen LogP contribution in [0.3, 0.4) is 0 Å². The maximum Gasteiger partial charge on any atom is 0.303 e. The second-order valence-electron chi connectivity index (χ2n) is 3.73. The van der Waals surface area contributed by atoms with Crippen molar-refractivity contribution in [1.82, 2.24) is 0 Å². The molecule has 0 saturated heterocycles. The first-order valence-electron chi connectivity index (χ1n) is 5.31. The molecule has 1 rings (SSSR count). The number of carboxylic acids is 1. The van der Waals surface area contributed by atoms with Gasteiger partial charge in [0.2, 0.25) is 0 Å². The lowest BCUT2D eigenvalue weighted by Crippen LogP contribution is -2.01. The Morgan fingerprint density at radius 1 is 1.47 bits per heavy atom. The van der Waals surface area contributed by atoms with Crippen LogP contribution >= 0.6 is 27.5 Å². The van der Waals surface area contributed by atoms with E-state index in [1.54, 1.807) is 6.07 Å². The molecule has 0 atom stereocenters. The van der Waals surface area contributed by atoms with Gasteiger partial charge in [0.15, 0.2) is 0 Å². The van der Waals surface area contributed by atoms with E-state index in [0.717, 1.165) is 10.0 Å². The van der Waals surface area contributed by atoms with E-state index in [4.69, 9.17) is 21.4 Å². The normalized spacial score (nSPS) is 10.3. The van der Waals surface area contributed by atoms with Gasteiger partial charge in [-0.3, -0.25) is 4.79 Å². The second kappa shape index (κ2) is 6.87. The standard InChI is InChI=1S/C12H14BrClO3/c1-8-6-9(13)7-10(14)12(8)17-5-3-2-4-11(15)16/h6-7H,2-5H2,1H3,(H,15,16). The van der Waals surface area contributed by atoms with Gasteiger partial charge in [-0.05, 0) is 37.5 Å². The topological polar surface area (TPSA) is 46.5 Å². The third kappa shape index (κ3) is 4.96. The molecular formula is C12H14BrClO3. The van der Waals surface area contributed by atoms with Gasteiger partial charge in [0.25, 0.3) is 0 Å². The van der Waals surface area contributed by atoms with Crippen LogP contribution < -0.4 is 4.74 Å². The molecule has 0 radical (unpaired) electrons. The average molecular weight is 322 g/mol. The highest BCUT2D eigenvalue weighted by molar-refractivity contribution is 9.10. The SMILES string of the molecule is Cc1cc(Br)cc(Cl)c1OCCCCC(=O)O. The molecule has 0 aliphatic heterocycles. The minimum atomic E-state index is -0.775. The van der Waals surface area contributed by atoms with Gasteiger partial charge in [-0.15, -0.1) is 0 Å². The van der Waals surface area contributed by atoms with E-state index in [-0.39, 0.29) is 6.42 Å². The van der Waals surface area contributed by atoms with E-state index in [1.165, 1.54) is 0 Å². The molecule has 1 aromatic carbocycles. The van der Waals surface area contributed by atoms with Gasteiger partial charge in [-0.1, -0.05) is 27.5 Å². The molecule has 1 N–H and O–H groups in total. The Balaban J connectivity index is 2.44. The van der Waals surface area contributed by atoms with Crippen LogP contribution in [-0.4, -0.2) is 17.7 Å². The van der Waals surface area contributed by atoms with Crippen molar-refractivity contribution < 1.29 is 14.6 Å². The smallest absolute Gasteiger partial charge is 0.303 e. The van der Waals surface area contributed by atoms with Crippen molar-refractivity contribution in [3.63, 3.8) is 0 Å². The summed E-state index contributed by atoms with van der Waals surface area (Å²) in [4.78, 5) is 10.3. The van der Waals surface area contributed by atoms with E-state index >= 15 is 0 Å². The van der Waals surface area contributed by atoms with Crippen LogP contribution in [0.25, 0.3) is 0 Å². The molecule has 0 bridgehead atoms. The molecule has 0 fully saturated rings. The number of hydrogen-bond donors (Lipinski definition) is 1. The molecule has 17 heavy (non-hydrogen) atoms. The Bertz CT molecular complexity index is 384. The van der Waals surface area contributed by atoms with Crippen LogP contribution in [0.1, 0.15) is 24.8 Å². The maximum atomic E-state index is 10.3. The van der Waals surface area contributed by atoms with Gasteiger partial charge in [-0.2, -0.15) is 0 Å². The Morgan fingerprint density at radius 3 is 2.76 bits per heavy atom. The molecule has 0 saturated carbocycles. The highest BCUT2D eigenvalue weighted by atomic mass is 79.9. The molecule has 3 nitrogen and oxygen atoms in total. The number of benzene rings is 1. The summed E-state index contributed by atoms with van der Waals surface area (Å²) < 4.78 is 6.47. The van der Waals surface area contributed by atoms with Gasteiger partial charge >= 0.3 is 5.97 Å². The zero-order chi connectivity index (χ0) is 12.8. The van der Waals surface area contributed by atoms with E-state index in [9.17, 15) is 4.79 Å². The van der Waals surface area contributed by atoms with Crippen molar-refractivity contribution in [2.75, 3.05) is 6.61 Å². The quantitative estimate of drug-likeness (QED) is 0.804. The summed E-state index contributed by atoms with van der Waals surface area (Å²) in [7, 11) is 0. The van der Waals surface area contributed by atoms with Crippen molar-refractivity contribution in [2.45, 2.75) is 26.2 Å². The van der Waals surface area contributed by atoms with Crippen molar-refractivity contribution in [1.29, 1.82) is 0 Å². The molecule has 0 spiro atoms. The molecule has 0 unspecified atom stereocenters. The Morgan fingerprint density at radius 2 is 2.18 bits per heavy atom. The first-order chi connectivity index (χ1) is 8.00. The first kappa shape index (κ1) is 14.3. The fraction of sp³-hybridized carbons (Fsp3) is 0.417. The van der Waals surface area contributed by atoms with Gasteiger partial charge in [0.1, 0.15) is 5.75 Å². The summed E-state index contributed by atoms with van der Waals surface area (Å²) in [6.45, 7) is 2.40. The number of unbranched alkanes of at least 4 members (excludes halogenated alkanes) is 1. The van der Waals surface area contributed by atoms with Crippen LogP contribution in [0, 0.1) is 6.92 Å². The summed E-state index contributed by atoms with van der Waals surface area (Å²) in [5, 5.41) is 9.05. The molecule has 94 valence electrons. The zero-order valence-electron chi connectivity index (χ0n) is 9.50. The number of carboxylic acid groups (broad SMARTS) is 1. The summed E-state index contributed by atoms with van der Waals surface area (Å²) in [5.74, 6) is -0.104. The number of carbonyl (C=O) groups is 1. The van der Waals surface area contributed by atoms with Crippen molar-refractivity contribution in [3.8, 4) is 5.75 Å². The van der Waals surface area contributed by atoms with Crippen molar-refractivity contribution in [2.24, 2.45) is 0 Å². The molecule has 1 aromatic rings. The lowest BCUT2D eigenvalue weighted by Gasteiger charge is -2.11. The highest BCUT2D eigenvalue weighted by Gasteiger charge is 2.07. The second-order valence-corrected chi connectivity index (χ2v) is 5.06. The van der Waals surface area contributed by atoms with Crippen LogP contribution in [0.4, 0.5) is 0 Å². The monoisotopic (exact) mass is 320 g/mol. The van der Waals surface area contributed by atoms with Gasteiger partial charge in [0.05, 0.1) is 11.6 Å². The Labute approximate surface area is 114 Å². The number of aliphatic carboxylic acids is 1. The predicted molar refractivity (Wildman–Crippen MR) is 70.9 cm³/mol. The molecular weight excluding hydrogens is 307 g/mol. The van der Waals surface area contributed by atoms with Crippen LogP contribution in [0.5, 0.6) is 5.75 Å².